The molecule has 14 heavy (non-hydrogen) atoms. The van der Waals surface area contributed by atoms with Gasteiger partial charge in [0.25, 0.3) is 0 Å². The van der Waals surface area contributed by atoms with Crippen molar-refractivity contribution in [1.29, 1.82) is 0 Å². The normalized spacial score (nSPS) is 24.3. The topological polar surface area (TPSA) is 41.1 Å². The van der Waals surface area contributed by atoms with Gasteiger partial charge in [-0.15, -0.1) is 0 Å². The van der Waals surface area contributed by atoms with Crippen molar-refractivity contribution < 1.29 is 4.79 Å². The molecular formula is C10H20N2OS. The zero-order valence-electron chi connectivity index (χ0n) is 9.01. The fourth-order valence-electron chi connectivity index (χ4n) is 1.71. The Hall–Kier alpha value is -0.220. The van der Waals surface area contributed by atoms with Crippen molar-refractivity contribution in [1.82, 2.24) is 10.6 Å². The monoisotopic (exact) mass is 216 g/mol. The molecule has 4 heteroatoms. The number of carbonyl (C=O) groups is 1. The highest BCUT2D eigenvalue weighted by molar-refractivity contribution is 7.98. The van der Waals surface area contributed by atoms with Crippen LogP contribution in [-0.2, 0) is 4.79 Å². The fraction of sp³-hybridized carbons (Fsp3) is 0.900. The molecule has 1 saturated heterocycles. The van der Waals surface area contributed by atoms with Crippen LogP contribution in [0.3, 0.4) is 0 Å². The third-order valence-electron chi connectivity index (χ3n) is 2.43. The summed E-state index contributed by atoms with van der Waals surface area (Å²) in [6.07, 6.45) is 5.41. The number of nitrogens with one attached hydrogen (secondary N) is 2. The Labute approximate surface area is 90.4 Å². The standard InChI is InChI=1S/C10H20N2OS/c1-8(7-14-2)12-10(13)9-5-3-4-6-11-9/h8-9,11H,3-7H2,1-2H3,(H,12,13)/t8?,9-/m0/s1. The summed E-state index contributed by atoms with van der Waals surface area (Å²) in [5.74, 6) is 1.16. The summed E-state index contributed by atoms with van der Waals surface area (Å²) in [5.41, 5.74) is 0. The lowest BCUT2D eigenvalue weighted by molar-refractivity contribution is -0.124. The molecule has 0 bridgehead atoms. The van der Waals surface area contributed by atoms with E-state index in [-0.39, 0.29) is 18.0 Å². The van der Waals surface area contributed by atoms with E-state index in [4.69, 9.17) is 0 Å². The lowest BCUT2D eigenvalue weighted by Gasteiger charge is -2.24. The average Bonchev–Trinajstić information content (AvgIpc) is 2.19. The van der Waals surface area contributed by atoms with Gasteiger partial charge in [-0.05, 0) is 32.6 Å². The molecule has 0 radical (unpaired) electrons. The van der Waals surface area contributed by atoms with Crippen LogP contribution in [0.25, 0.3) is 0 Å². The van der Waals surface area contributed by atoms with Gasteiger partial charge < -0.3 is 10.6 Å². The third-order valence-corrected chi connectivity index (χ3v) is 3.27. The predicted molar refractivity (Wildman–Crippen MR) is 61.6 cm³/mol. The highest BCUT2D eigenvalue weighted by Gasteiger charge is 2.21. The van der Waals surface area contributed by atoms with Gasteiger partial charge in [-0.2, -0.15) is 11.8 Å². The van der Waals surface area contributed by atoms with Crippen LogP contribution in [0, 0.1) is 0 Å². The van der Waals surface area contributed by atoms with Crippen LogP contribution in [0.4, 0.5) is 0 Å². The molecule has 1 fully saturated rings. The Morgan fingerprint density at radius 3 is 3.00 bits per heavy atom. The first-order valence-electron chi connectivity index (χ1n) is 5.26. The molecule has 1 aliphatic heterocycles. The second-order valence-electron chi connectivity index (χ2n) is 3.87. The first kappa shape index (κ1) is 11.9. The van der Waals surface area contributed by atoms with E-state index < -0.39 is 0 Å². The largest absolute Gasteiger partial charge is 0.351 e. The fourth-order valence-corrected chi connectivity index (χ4v) is 2.29. The summed E-state index contributed by atoms with van der Waals surface area (Å²) in [4.78, 5) is 11.7. The van der Waals surface area contributed by atoms with Crippen LogP contribution in [0.2, 0.25) is 0 Å². The van der Waals surface area contributed by atoms with E-state index in [0.717, 1.165) is 18.7 Å². The molecule has 0 aromatic heterocycles. The number of piperidine rings is 1. The number of amides is 1. The third kappa shape index (κ3) is 3.88. The minimum atomic E-state index is 0.0491. The van der Waals surface area contributed by atoms with Crippen molar-refractivity contribution >= 4 is 17.7 Å². The van der Waals surface area contributed by atoms with Gasteiger partial charge in [0.2, 0.25) is 5.91 Å². The summed E-state index contributed by atoms with van der Waals surface area (Å²) in [6, 6.07) is 0.328. The quantitative estimate of drug-likeness (QED) is 0.736. The molecule has 0 spiro atoms. The molecule has 1 amide bonds. The minimum Gasteiger partial charge on any atom is -0.351 e. The molecule has 0 aromatic rings. The summed E-state index contributed by atoms with van der Waals surface area (Å²) in [5, 5.41) is 6.28. The molecule has 0 aliphatic carbocycles. The van der Waals surface area contributed by atoms with Crippen molar-refractivity contribution in [3.63, 3.8) is 0 Å². The molecule has 0 saturated carbocycles. The Morgan fingerprint density at radius 1 is 1.64 bits per heavy atom. The van der Waals surface area contributed by atoms with Crippen LogP contribution in [0.15, 0.2) is 0 Å². The van der Waals surface area contributed by atoms with Gasteiger partial charge in [0, 0.05) is 11.8 Å². The first-order valence-corrected chi connectivity index (χ1v) is 6.66. The zero-order valence-corrected chi connectivity index (χ0v) is 9.82. The van der Waals surface area contributed by atoms with E-state index in [1.165, 1.54) is 12.8 Å². The van der Waals surface area contributed by atoms with Gasteiger partial charge in [0.15, 0.2) is 0 Å². The maximum atomic E-state index is 11.7. The summed E-state index contributed by atoms with van der Waals surface area (Å²) in [6.45, 7) is 3.03. The van der Waals surface area contributed by atoms with Gasteiger partial charge in [-0.3, -0.25) is 4.79 Å². The molecule has 0 aromatic carbocycles. The Morgan fingerprint density at radius 2 is 2.43 bits per heavy atom. The Bertz CT molecular complexity index is 181. The smallest absolute Gasteiger partial charge is 0.237 e. The van der Waals surface area contributed by atoms with Gasteiger partial charge >= 0.3 is 0 Å². The van der Waals surface area contributed by atoms with Crippen molar-refractivity contribution in [3.8, 4) is 0 Å². The average molecular weight is 216 g/mol. The van der Waals surface area contributed by atoms with Crippen LogP contribution in [-0.4, -0.2) is 36.5 Å². The maximum absolute atomic E-state index is 11.7. The molecule has 1 unspecified atom stereocenters. The lowest BCUT2D eigenvalue weighted by atomic mass is 10.0. The molecule has 1 aliphatic rings. The van der Waals surface area contributed by atoms with Gasteiger partial charge in [-0.1, -0.05) is 6.42 Å². The molecule has 1 heterocycles. The van der Waals surface area contributed by atoms with Crippen LogP contribution >= 0.6 is 11.8 Å². The highest BCUT2D eigenvalue weighted by Crippen LogP contribution is 2.07. The molecule has 2 atom stereocenters. The number of hydrogen-bond donors (Lipinski definition) is 2. The number of rotatable bonds is 4. The summed E-state index contributed by atoms with van der Waals surface area (Å²) < 4.78 is 0. The van der Waals surface area contributed by atoms with Gasteiger partial charge in [0.1, 0.15) is 0 Å². The highest BCUT2D eigenvalue weighted by atomic mass is 32.2. The van der Waals surface area contributed by atoms with Crippen molar-refractivity contribution in [2.75, 3.05) is 18.6 Å². The molecule has 1 rings (SSSR count). The number of hydrogen-bond acceptors (Lipinski definition) is 3. The minimum absolute atomic E-state index is 0.0491. The summed E-state index contributed by atoms with van der Waals surface area (Å²) >= 11 is 1.76. The SMILES string of the molecule is CSCC(C)NC(=O)[C@@H]1CCCCN1. The second-order valence-corrected chi connectivity index (χ2v) is 4.78. The zero-order chi connectivity index (χ0) is 10.4. The van der Waals surface area contributed by atoms with Crippen molar-refractivity contribution in [3.05, 3.63) is 0 Å². The molecule has 82 valence electrons. The Balaban J connectivity index is 2.25. The molecule has 2 N–H and O–H groups in total. The first-order chi connectivity index (χ1) is 6.74. The van der Waals surface area contributed by atoms with Crippen LogP contribution in [0.1, 0.15) is 26.2 Å². The number of carbonyl (C=O) groups excluding carboxylic acids is 1. The predicted octanol–water partition coefficient (Wildman–Crippen LogP) is 0.996. The molecule has 3 nitrogen and oxygen atoms in total. The van der Waals surface area contributed by atoms with E-state index in [1.807, 2.05) is 0 Å². The van der Waals surface area contributed by atoms with E-state index in [9.17, 15) is 4.79 Å². The van der Waals surface area contributed by atoms with Gasteiger partial charge in [0.05, 0.1) is 6.04 Å². The maximum Gasteiger partial charge on any atom is 0.237 e. The van der Waals surface area contributed by atoms with Crippen LogP contribution in [0.5, 0.6) is 0 Å². The van der Waals surface area contributed by atoms with E-state index in [1.54, 1.807) is 11.8 Å². The summed E-state index contributed by atoms with van der Waals surface area (Å²) in [7, 11) is 0. The van der Waals surface area contributed by atoms with Crippen molar-refractivity contribution in [2.24, 2.45) is 0 Å². The van der Waals surface area contributed by atoms with E-state index in [2.05, 4.69) is 23.8 Å². The second kappa shape index (κ2) is 6.30. The van der Waals surface area contributed by atoms with Crippen molar-refractivity contribution in [2.45, 2.75) is 38.3 Å². The molecular weight excluding hydrogens is 196 g/mol. The van der Waals surface area contributed by atoms with Crippen LogP contribution < -0.4 is 10.6 Å². The Kier molecular flexibility index (Phi) is 5.33. The number of thioether (sulfide) groups is 1. The van der Waals surface area contributed by atoms with E-state index in [0.29, 0.717) is 0 Å². The van der Waals surface area contributed by atoms with E-state index >= 15 is 0 Å². The lowest BCUT2D eigenvalue weighted by Crippen LogP contribution is -2.49. The van der Waals surface area contributed by atoms with Gasteiger partial charge in [-0.25, -0.2) is 0 Å².